The summed E-state index contributed by atoms with van der Waals surface area (Å²) in [5, 5.41) is 57.4. The molecule has 2 saturated heterocycles. The van der Waals surface area contributed by atoms with E-state index in [9.17, 15) is 19.8 Å². The third-order valence-corrected chi connectivity index (χ3v) is 6.51. The number of carboxylic acids is 2. The summed E-state index contributed by atoms with van der Waals surface area (Å²) in [5.74, 6) is -2.05. The Hall–Kier alpha value is -3.29. The zero-order chi connectivity index (χ0) is 38.5. The zero-order valence-corrected chi connectivity index (χ0v) is 32.6. The summed E-state index contributed by atoms with van der Waals surface area (Å²) in [6.45, 7) is 2.39. The molecule has 2 aromatic rings. The van der Waals surface area contributed by atoms with Gasteiger partial charge in [-0.15, -0.1) is 0 Å². The fraction of sp³-hybridized carbons (Fsp3) is 0.467. The Balaban J connectivity index is -0.000000360. The van der Waals surface area contributed by atoms with E-state index in [-0.39, 0.29) is 43.2 Å². The van der Waals surface area contributed by atoms with Crippen LogP contribution < -0.4 is 21.7 Å². The molecule has 2 aliphatic heterocycles. The number of hydrogen-bond donors (Lipinski definition) is 6. The van der Waals surface area contributed by atoms with Gasteiger partial charge in [0.2, 0.25) is 0 Å². The van der Waals surface area contributed by atoms with E-state index >= 15 is 0 Å². The van der Waals surface area contributed by atoms with E-state index < -0.39 is 24.0 Å². The van der Waals surface area contributed by atoms with Crippen molar-refractivity contribution >= 4 is 59.0 Å². The third kappa shape index (κ3) is 23.3. The van der Waals surface area contributed by atoms with Crippen LogP contribution in [0, 0.1) is 0 Å². The number of likely N-dealkylation sites (tertiary alicyclic amines) is 2. The molecule has 0 saturated carbocycles. The Kier molecular flexibility index (Phi) is 37.1. The standard InChI is InChI=1S/2C13H17N5O2S.4CH4O.2Ni/c2*14-13(21)17-15-7-9-3-1-4-10(16-9)8-18-6-2-5-11(18)12(19)20;4*1-2;;/h2*1,3-4,7,11H,2,5-6,8H2,(H4,14,16,17,19,20,21);4*2H,1H3;;/q;;;;;;2*+2/p-4/t2*11-;;;;;;/m00....../s1. The number of carbonyl (C=O) groups is 2. The monoisotopic (exact) mass is 854 g/mol. The van der Waals surface area contributed by atoms with Crippen LogP contribution in [-0.4, -0.2) is 128 Å². The van der Waals surface area contributed by atoms with Crippen molar-refractivity contribution in [1.29, 1.82) is 0 Å². The van der Waals surface area contributed by atoms with Gasteiger partial charge in [-0.05, 0) is 63.0 Å². The van der Waals surface area contributed by atoms with E-state index in [4.69, 9.17) is 31.9 Å². The Bertz CT molecular complexity index is 1250. The summed E-state index contributed by atoms with van der Waals surface area (Å²) in [5.41, 5.74) is 20.2. The third-order valence-electron chi connectivity index (χ3n) is 6.35. The predicted octanol–water partition coefficient (Wildman–Crippen LogP) is -2.08. The Morgan fingerprint density at radius 2 is 1.08 bits per heavy atom. The first-order valence-corrected chi connectivity index (χ1v) is 15.6. The zero-order valence-electron chi connectivity index (χ0n) is 29.0. The molecular formula is C30H46N10Ni2O8S2. The topological polar surface area (TPSA) is 298 Å². The van der Waals surface area contributed by atoms with Crippen molar-refractivity contribution in [3.05, 3.63) is 70.0 Å². The van der Waals surface area contributed by atoms with Crippen molar-refractivity contribution in [3.63, 3.8) is 0 Å². The fourth-order valence-electron chi connectivity index (χ4n) is 4.59. The van der Waals surface area contributed by atoms with Gasteiger partial charge in [0.25, 0.3) is 0 Å². The van der Waals surface area contributed by atoms with Gasteiger partial charge in [0.05, 0.1) is 47.1 Å². The Morgan fingerprint density at radius 3 is 1.37 bits per heavy atom. The van der Waals surface area contributed by atoms with Gasteiger partial charge >= 0.3 is 33.0 Å². The van der Waals surface area contributed by atoms with Crippen LogP contribution in [0.4, 0.5) is 0 Å². The second kappa shape index (κ2) is 34.8. The van der Waals surface area contributed by atoms with Gasteiger partial charge in [-0.2, -0.15) is 0 Å². The Labute approximate surface area is 334 Å². The molecule has 4 heterocycles. The maximum absolute atomic E-state index is 11.0. The van der Waals surface area contributed by atoms with Crippen LogP contribution in [0.5, 0.6) is 0 Å². The van der Waals surface area contributed by atoms with E-state index in [2.05, 4.69) is 55.5 Å². The van der Waals surface area contributed by atoms with Crippen LogP contribution in [-0.2, 0) is 55.7 Å². The van der Waals surface area contributed by atoms with E-state index in [0.717, 1.165) is 65.8 Å². The fourth-order valence-corrected chi connectivity index (χ4v) is 4.68. The molecule has 22 heteroatoms. The van der Waals surface area contributed by atoms with Gasteiger partial charge in [-0.25, -0.2) is 0 Å². The minimum atomic E-state index is -1.03. The smallest absolute Gasteiger partial charge is 0.548 e. The van der Waals surface area contributed by atoms with Gasteiger partial charge in [-0.3, -0.25) is 30.0 Å². The first kappa shape index (κ1) is 55.5. The van der Waals surface area contributed by atoms with Gasteiger partial charge in [0.1, 0.15) is 0 Å². The first-order chi connectivity index (χ1) is 24.1. The summed E-state index contributed by atoms with van der Waals surface area (Å²) in [7, 11) is 4.00. The van der Waals surface area contributed by atoms with Crippen LogP contribution in [0.15, 0.2) is 46.6 Å². The second-order valence-electron chi connectivity index (χ2n) is 9.37. The minimum absolute atomic E-state index is 0. The summed E-state index contributed by atoms with van der Waals surface area (Å²) in [4.78, 5) is 34.6. The van der Waals surface area contributed by atoms with Crippen LogP contribution >= 0.6 is 24.4 Å². The number of hydrogen-bond acceptors (Lipinski definition) is 16. The molecule has 4 rings (SSSR count). The number of thiocarbonyl (C=S) groups is 2. The number of carboxylic acid groups (broad SMARTS) is 2. The number of nitrogens with zero attached hydrogens (tertiary/aromatic N) is 8. The summed E-state index contributed by atoms with van der Waals surface area (Å²) in [6.07, 6.45) is 5.84. The molecule has 8 N–H and O–H groups in total. The summed E-state index contributed by atoms with van der Waals surface area (Å²) >= 11 is 9.16. The Morgan fingerprint density at radius 1 is 0.750 bits per heavy atom. The average molecular weight is 856 g/mol. The molecule has 2 aliphatic rings. The van der Waals surface area contributed by atoms with Crippen molar-refractivity contribution in [1.82, 2.24) is 19.8 Å². The molecule has 0 amide bonds. The van der Waals surface area contributed by atoms with E-state index in [1.54, 1.807) is 12.1 Å². The van der Waals surface area contributed by atoms with Crippen LogP contribution in [0.3, 0.4) is 0 Å². The summed E-state index contributed by atoms with van der Waals surface area (Å²) in [6, 6.07) is 9.80. The predicted molar refractivity (Wildman–Crippen MR) is 193 cm³/mol. The minimum Gasteiger partial charge on any atom is -0.548 e. The number of aliphatic hydroxyl groups is 4. The van der Waals surface area contributed by atoms with E-state index in [1.807, 2.05) is 34.1 Å². The molecule has 0 bridgehead atoms. The normalized spacial score (nSPS) is 15.8. The molecule has 52 heavy (non-hydrogen) atoms. The van der Waals surface area contributed by atoms with Gasteiger partial charge in [0.15, 0.2) is 0 Å². The number of nitrogens with two attached hydrogens (primary N) is 2. The van der Waals surface area contributed by atoms with Crippen LogP contribution in [0.1, 0.15) is 48.5 Å². The van der Waals surface area contributed by atoms with Crippen molar-refractivity contribution in [2.45, 2.75) is 50.9 Å². The van der Waals surface area contributed by atoms with Crippen molar-refractivity contribution < 1.29 is 73.2 Å². The van der Waals surface area contributed by atoms with Gasteiger partial charge in [-0.1, -0.05) is 36.6 Å². The molecule has 296 valence electrons. The molecule has 2 fully saturated rings. The van der Waals surface area contributed by atoms with Crippen molar-refractivity contribution in [2.24, 2.45) is 21.7 Å². The van der Waals surface area contributed by atoms with Crippen molar-refractivity contribution in [2.75, 3.05) is 41.5 Å². The number of rotatable bonds is 10. The first-order valence-electron chi connectivity index (χ1n) is 14.8. The van der Waals surface area contributed by atoms with Gasteiger partial charge < -0.3 is 62.5 Å². The molecule has 0 spiro atoms. The number of aliphatic carboxylic acids is 2. The quantitative estimate of drug-likeness (QED) is 0.0647. The average Bonchev–Trinajstić information content (AvgIpc) is 3.79. The van der Waals surface area contributed by atoms with E-state index in [1.165, 1.54) is 12.4 Å². The maximum Gasteiger partial charge on any atom is 2.00 e. The molecule has 0 unspecified atom stereocenters. The molecule has 2 aromatic heterocycles. The SMILES string of the molecule is CO.CO.CO.CO.NC(=S)[N-]/N=C/c1cccc(CN2CCC[C@H]2C(=O)[O-])n1.NC(=S)[N-]/N=C/c1cccc(CN2CCC[C@H]2C(=O)[O-])n1.[Ni+2].[Ni+2]. The summed E-state index contributed by atoms with van der Waals surface area (Å²) < 4.78 is 0. The number of pyridine rings is 2. The maximum atomic E-state index is 11.0. The molecular weight excluding hydrogens is 810 g/mol. The molecule has 0 aromatic carbocycles. The van der Waals surface area contributed by atoms with Crippen LogP contribution in [0.2, 0.25) is 0 Å². The largest absolute Gasteiger partial charge is 2.00 e. The number of carbonyl (C=O) groups excluding carboxylic acids is 2. The van der Waals surface area contributed by atoms with Crippen molar-refractivity contribution in [3.8, 4) is 0 Å². The molecule has 0 radical (unpaired) electrons. The molecule has 18 nitrogen and oxygen atoms in total. The van der Waals surface area contributed by atoms with Crippen LogP contribution in [0.25, 0.3) is 10.9 Å². The van der Waals surface area contributed by atoms with E-state index in [0.29, 0.717) is 37.3 Å². The second-order valence-corrected chi connectivity index (χ2v) is 10.2. The van der Waals surface area contributed by atoms with Gasteiger partial charge in [0, 0.05) is 63.8 Å². The number of aliphatic hydroxyl groups excluding tert-OH is 4. The molecule has 0 aliphatic carbocycles. The number of aromatic nitrogens is 2. The molecule has 2 atom stereocenters.